The van der Waals surface area contributed by atoms with Gasteiger partial charge in [0.05, 0.1) is 7.11 Å². The van der Waals surface area contributed by atoms with Crippen LogP contribution in [-0.4, -0.2) is 24.8 Å². The molecule has 0 unspecified atom stereocenters. The lowest BCUT2D eigenvalue weighted by atomic mass is 10.4. The molecule has 0 fully saturated rings. The summed E-state index contributed by atoms with van der Waals surface area (Å²) < 4.78 is 4.83. The summed E-state index contributed by atoms with van der Waals surface area (Å²) in [6.07, 6.45) is 1.81. The lowest BCUT2D eigenvalue weighted by molar-refractivity contribution is 0.397. The van der Waals surface area contributed by atoms with Crippen molar-refractivity contribution < 1.29 is 4.74 Å². The fourth-order valence-corrected chi connectivity index (χ4v) is 0.800. The summed E-state index contributed by atoms with van der Waals surface area (Å²) in [7, 11) is 1.51. The maximum absolute atomic E-state index is 4.83. The van der Waals surface area contributed by atoms with E-state index in [0.717, 1.165) is 11.4 Å². The zero-order valence-corrected chi connectivity index (χ0v) is 7.16. The third-order valence-corrected chi connectivity index (χ3v) is 1.45. The molecule has 1 heterocycles. The van der Waals surface area contributed by atoms with Crippen LogP contribution in [0, 0.1) is 6.92 Å². The summed E-state index contributed by atoms with van der Waals surface area (Å²) in [5.74, 6) is 0.749. The first kappa shape index (κ1) is 8.52. The minimum atomic E-state index is 0.264. The van der Waals surface area contributed by atoms with Gasteiger partial charge in [0.1, 0.15) is 5.82 Å². The van der Waals surface area contributed by atoms with Crippen LogP contribution in [0.25, 0.3) is 0 Å². The maximum atomic E-state index is 4.83. The number of rotatable bonds is 1. The van der Waals surface area contributed by atoms with E-state index in [2.05, 4.69) is 21.7 Å². The zero-order chi connectivity index (χ0) is 8.97. The van der Waals surface area contributed by atoms with Crippen LogP contribution in [0.2, 0.25) is 0 Å². The highest BCUT2D eigenvalue weighted by Gasteiger charge is 1.98. The average Bonchev–Trinajstić information content (AvgIpc) is 2.47. The van der Waals surface area contributed by atoms with Gasteiger partial charge in [0.15, 0.2) is 0 Å². The van der Waals surface area contributed by atoms with Gasteiger partial charge >= 0.3 is 6.02 Å². The predicted octanol–water partition coefficient (Wildman–Crippen LogP) is 1.66. The van der Waals surface area contributed by atoms with E-state index >= 15 is 0 Å². The van der Waals surface area contributed by atoms with Crippen molar-refractivity contribution in [2.24, 2.45) is 9.98 Å². The second-order valence-corrected chi connectivity index (χ2v) is 2.27. The van der Waals surface area contributed by atoms with Crippen molar-refractivity contribution in [2.75, 3.05) is 7.11 Å². The number of hydrogen-bond donors (Lipinski definition) is 1. The minimum absolute atomic E-state index is 0.264. The first-order chi connectivity index (χ1) is 5.77. The number of aromatic nitrogens is 1. The van der Waals surface area contributed by atoms with E-state index in [0.29, 0.717) is 0 Å². The summed E-state index contributed by atoms with van der Waals surface area (Å²) in [6.45, 7) is 5.27. The van der Waals surface area contributed by atoms with Gasteiger partial charge in [-0.05, 0) is 25.3 Å². The number of ether oxygens (including phenoxy) is 1. The molecule has 1 aromatic rings. The number of nitrogens with one attached hydrogen (secondary N) is 1. The summed E-state index contributed by atoms with van der Waals surface area (Å²) in [6, 6.07) is 2.19. The first-order valence-electron chi connectivity index (χ1n) is 3.51. The van der Waals surface area contributed by atoms with Gasteiger partial charge < -0.3 is 9.72 Å². The van der Waals surface area contributed by atoms with E-state index < -0.39 is 0 Å². The van der Waals surface area contributed by atoms with E-state index in [4.69, 9.17) is 4.74 Å². The molecule has 1 N–H and O–H groups in total. The van der Waals surface area contributed by atoms with Gasteiger partial charge in [0.2, 0.25) is 0 Å². The van der Waals surface area contributed by atoms with E-state index in [-0.39, 0.29) is 6.02 Å². The third kappa shape index (κ3) is 1.72. The number of amidine groups is 1. The molecule has 0 aliphatic carbocycles. The van der Waals surface area contributed by atoms with Crippen LogP contribution in [-0.2, 0) is 4.74 Å². The molecule has 0 radical (unpaired) electrons. The standard InChI is InChI=1S/C8H11N3O/c1-6-4-5-10-7(6)11-8(9-2)12-3/h4-5,10H,2H2,1,3H3/b11-8+. The Morgan fingerprint density at radius 3 is 2.83 bits per heavy atom. The SMILES string of the molecule is C=N/C(=N\c1[nH]ccc1C)OC. The fraction of sp³-hybridized carbons (Fsp3) is 0.250. The molecule has 1 rings (SSSR count). The zero-order valence-electron chi connectivity index (χ0n) is 7.16. The fourth-order valence-electron chi connectivity index (χ4n) is 0.800. The highest BCUT2D eigenvalue weighted by atomic mass is 16.5. The van der Waals surface area contributed by atoms with E-state index in [1.54, 1.807) is 0 Å². The summed E-state index contributed by atoms with van der Waals surface area (Å²) in [5, 5.41) is 0. The largest absolute Gasteiger partial charge is 0.467 e. The highest BCUT2D eigenvalue weighted by Crippen LogP contribution is 2.14. The Kier molecular flexibility index (Phi) is 2.63. The molecule has 4 nitrogen and oxygen atoms in total. The van der Waals surface area contributed by atoms with E-state index in [1.807, 2.05) is 19.2 Å². The van der Waals surface area contributed by atoms with E-state index in [1.165, 1.54) is 7.11 Å². The summed E-state index contributed by atoms with van der Waals surface area (Å²) in [5.41, 5.74) is 1.05. The number of hydrogen-bond acceptors (Lipinski definition) is 2. The molecule has 12 heavy (non-hydrogen) atoms. The van der Waals surface area contributed by atoms with Crippen molar-refractivity contribution >= 4 is 18.6 Å². The number of aryl methyl sites for hydroxylation is 1. The second kappa shape index (κ2) is 3.71. The molecular weight excluding hydrogens is 154 g/mol. The van der Waals surface area contributed by atoms with Gasteiger partial charge in [-0.15, -0.1) is 0 Å². The van der Waals surface area contributed by atoms with Crippen molar-refractivity contribution in [3.63, 3.8) is 0 Å². The van der Waals surface area contributed by atoms with Crippen molar-refractivity contribution in [1.29, 1.82) is 0 Å². The Morgan fingerprint density at radius 1 is 1.67 bits per heavy atom. The van der Waals surface area contributed by atoms with Crippen LogP contribution in [0.4, 0.5) is 5.82 Å². The quantitative estimate of drug-likeness (QED) is 0.499. The predicted molar refractivity (Wildman–Crippen MR) is 49.2 cm³/mol. The van der Waals surface area contributed by atoms with Crippen LogP contribution in [0.15, 0.2) is 22.2 Å². The lowest BCUT2D eigenvalue weighted by Gasteiger charge is -1.96. The van der Waals surface area contributed by atoms with Crippen LogP contribution < -0.4 is 0 Å². The Hall–Kier alpha value is -1.58. The Morgan fingerprint density at radius 2 is 2.42 bits per heavy atom. The van der Waals surface area contributed by atoms with Gasteiger partial charge in [-0.2, -0.15) is 4.99 Å². The molecular formula is C8H11N3O. The van der Waals surface area contributed by atoms with Gasteiger partial charge in [-0.25, -0.2) is 4.99 Å². The Balaban J connectivity index is 2.92. The van der Waals surface area contributed by atoms with Crippen molar-refractivity contribution in [3.05, 3.63) is 17.8 Å². The van der Waals surface area contributed by atoms with Crippen molar-refractivity contribution in [3.8, 4) is 0 Å². The normalized spacial score (nSPS) is 11.3. The number of H-pyrrole nitrogens is 1. The van der Waals surface area contributed by atoms with Gasteiger partial charge in [0, 0.05) is 6.20 Å². The molecule has 0 amide bonds. The van der Waals surface area contributed by atoms with Gasteiger partial charge in [-0.1, -0.05) is 0 Å². The van der Waals surface area contributed by atoms with Crippen molar-refractivity contribution in [1.82, 2.24) is 4.98 Å². The van der Waals surface area contributed by atoms with Crippen molar-refractivity contribution in [2.45, 2.75) is 6.92 Å². The smallest absolute Gasteiger partial charge is 0.317 e. The molecule has 0 aliphatic rings. The molecule has 0 bridgehead atoms. The molecule has 0 spiro atoms. The molecule has 0 aliphatic heterocycles. The topological polar surface area (TPSA) is 49.7 Å². The maximum Gasteiger partial charge on any atom is 0.317 e. The molecule has 1 aromatic heterocycles. The number of aromatic amines is 1. The van der Waals surface area contributed by atoms with Gasteiger partial charge in [0.25, 0.3) is 0 Å². The summed E-state index contributed by atoms with van der Waals surface area (Å²) in [4.78, 5) is 10.6. The molecule has 0 atom stereocenters. The Labute approximate surface area is 71.0 Å². The molecule has 0 saturated carbocycles. The van der Waals surface area contributed by atoms with Crippen LogP contribution in [0.5, 0.6) is 0 Å². The van der Waals surface area contributed by atoms with Gasteiger partial charge in [-0.3, -0.25) is 0 Å². The number of methoxy groups -OCH3 is 1. The first-order valence-corrected chi connectivity index (χ1v) is 3.51. The van der Waals surface area contributed by atoms with Crippen LogP contribution >= 0.6 is 0 Å². The summed E-state index contributed by atoms with van der Waals surface area (Å²) >= 11 is 0. The molecule has 0 saturated heterocycles. The van der Waals surface area contributed by atoms with Crippen LogP contribution in [0.3, 0.4) is 0 Å². The third-order valence-electron chi connectivity index (χ3n) is 1.45. The number of aliphatic imine (C=N–C) groups is 2. The minimum Gasteiger partial charge on any atom is -0.467 e. The Bertz CT molecular complexity index is 301. The van der Waals surface area contributed by atoms with E-state index in [9.17, 15) is 0 Å². The molecule has 0 aromatic carbocycles. The lowest BCUT2D eigenvalue weighted by Crippen LogP contribution is -1.94. The monoisotopic (exact) mass is 165 g/mol. The van der Waals surface area contributed by atoms with Crippen LogP contribution in [0.1, 0.15) is 5.56 Å². The highest BCUT2D eigenvalue weighted by molar-refractivity contribution is 5.80. The molecule has 64 valence electrons. The second-order valence-electron chi connectivity index (χ2n) is 2.27. The average molecular weight is 165 g/mol. The molecule has 4 heteroatoms. The number of nitrogens with zero attached hydrogens (tertiary/aromatic N) is 2.